The van der Waals surface area contributed by atoms with Crippen LogP contribution in [0.3, 0.4) is 0 Å². The van der Waals surface area contributed by atoms with E-state index in [0.717, 1.165) is 11.5 Å². The molecule has 5 heteroatoms. The van der Waals surface area contributed by atoms with Crippen molar-refractivity contribution in [2.75, 3.05) is 26.4 Å². The van der Waals surface area contributed by atoms with E-state index >= 15 is 0 Å². The van der Waals surface area contributed by atoms with Gasteiger partial charge >= 0.3 is 0 Å². The van der Waals surface area contributed by atoms with E-state index in [1.807, 2.05) is 88.4 Å². The van der Waals surface area contributed by atoms with E-state index < -0.39 is 11.6 Å². The first kappa shape index (κ1) is 21.2. The van der Waals surface area contributed by atoms with E-state index in [2.05, 4.69) is 0 Å². The SMILES string of the molecule is CCOC(C)(COCC(C)(OCC)Oc1ccccc1)Oc1ccccc1. The molecule has 0 aliphatic carbocycles. The molecule has 0 N–H and O–H groups in total. The quantitative estimate of drug-likeness (QED) is 0.505. The number of ether oxygens (including phenoxy) is 5. The van der Waals surface area contributed by atoms with Crippen LogP contribution in [0.5, 0.6) is 11.5 Å². The Bertz CT molecular complexity index is 591. The summed E-state index contributed by atoms with van der Waals surface area (Å²) in [6.45, 7) is 9.06. The minimum atomic E-state index is -0.907. The average Bonchev–Trinajstić information content (AvgIpc) is 2.63. The molecule has 0 spiro atoms. The van der Waals surface area contributed by atoms with Crippen LogP contribution in [0.2, 0.25) is 0 Å². The molecule has 0 radical (unpaired) electrons. The van der Waals surface area contributed by atoms with Crippen LogP contribution in [-0.4, -0.2) is 38.0 Å². The van der Waals surface area contributed by atoms with Crippen LogP contribution in [0.4, 0.5) is 0 Å². The van der Waals surface area contributed by atoms with E-state index in [1.165, 1.54) is 0 Å². The Morgan fingerprint density at radius 1 is 0.630 bits per heavy atom. The predicted molar refractivity (Wildman–Crippen MR) is 105 cm³/mol. The molecule has 2 rings (SSSR count). The molecule has 2 aromatic rings. The van der Waals surface area contributed by atoms with Crippen LogP contribution >= 0.6 is 0 Å². The summed E-state index contributed by atoms with van der Waals surface area (Å²) < 4.78 is 29.5. The summed E-state index contributed by atoms with van der Waals surface area (Å²) in [7, 11) is 0. The van der Waals surface area contributed by atoms with Crippen LogP contribution in [0.25, 0.3) is 0 Å². The van der Waals surface area contributed by atoms with E-state index in [0.29, 0.717) is 13.2 Å². The second-order valence-corrected chi connectivity index (χ2v) is 6.46. The van der Waals surface area contributed by atoms with Crippen molar-refractivity contribution in [2.24, 2.45) is 0 Å². The molecule has 0 aromatic heterocycles. The minimum absolute atomic E-state index is 0.233. The zero-order chi connectivity index (χ0) is 19.6. The lowest BCUT2D eigenvalue weighted by molar-refractivity contribution is -0.237. The van der Waals surface area contributed by atoms with Crippen LogP contribution in [0, 0.1) is 0 Å². The molecule has 148 valence electrons. The molecule has 2 unspecified atom stereocenters. The van der Waals surface area contributed by atoms with E-state index in [-0.39, 0.29) is 13.2 Å². The van der Waals surface area contributed by atoms with Crippen LogP contribution in [-0.2, 0) is 14.2 Å². The Morgan fingerprint density at radius 3 is 1.33 bits per heavy atom. The zero-order valence-corrected chi connectivity index (χ0v) is 16.6. The van der Waals surface area contributed by atoms with Gasteiger partial charge < -0.3 is 23.7 Å². The van der Waals surface area contributed by atoms with Crippen molar-refractivity contribution in [3.8, 4) is 11.5 Å². The van der Waals surface area contributed by atoms with E-state index in [4.69, 9.17) is 23.7 Å². The van der Waals surface area contributed by atoms with Crippen molar-refractivity contribution in [1.29, 1.82) is 0 Å². The normalized spacial score (nSPS) is 15.6. The smallest absolute Gasteiger partial charge is 0.231 e. The Balaban J connectivity index is 1.97. The molecule has 0 aliphatic rings. The van der Waals surface area contributed by atoms with E-state index in [1.54, 1.807) is 0 Å². The standard InChI is InChI=1S/C22H30O5/c1-5-24-21(3,26-19-13-9-7-10-14-19)17-23-18-22(4,25-6-2)27-20-15-11-8-12-16-20/h7-16H,5-6,17-18H2,1-4H3. The lowest BCUT2D eigenvalue weighted by atomic mass is 10.3. The van der Waals surface area contributed by atoms with Gasteiger partial charge in [0.1, 0.15) is 24.7 Å². The minimum Gasteiger partial charge on any atom is -0.460 e. The fourth-order valence-electron chi connectivity index (χ4n) is 2.71. The molecule has 0 bridgehead atoms. The second-order valence-electron chi connectivity index (χ2n) is 6.46. The van der Waals surface area contributed by atoms with Crippen molar-refractivity contribution < 1.29 is 23.7 Å². The maximum atomic E-state index is 6.01. The molecule has 2 atom stereocenters. The first-order chi connectivity index (χ1) is 13.0. The van der Waals surface area contributed by atoms with Gasteiger partial charge in [-0.2, -0.15) is 0 Å². The van der Waals surface area contributed by atoms with Gasteiger partial charge in [-0.05, 0) is 38.1 Å². The Labute approximate surface area is 162 Å². The Morgan fingerprint density at radius 2 is 1.00 bits per heavy atom. The molecule has 0 heterocycles. The second kappa shape index (κ2) is 10.3. The van der Waals surface area contributed by atoms with Gasteiger partial charge in [0.25, 0.3) is 0 Å². The highest BCUT2D eigenvalue weighted by atomic mass is 16.7. The van der Waals surface area contributed by atoms with Gasteiger partial charge in [-0.25, -0.2) is 0 Å². The predicted octanol–water partition coefficient (Wildman–Crippen LogP) is 4.67. The topological polar surface area (TPSA) is 46.2 Å². The van der Waals surface area contributed by atoms with Crippen molar-refractivity contribution in [2.45, 2.75) is 39.3 Å². The number of hydrogen-bond acceptors (Lipinski definition) is 5. The number of para-hydroxylation sites is 2. The van der Waals surface area contributed by atoms with Crippen LogP contribution < -0.4 is 9.47 Å². The third kappa shape index (κ3) is 7.21. The summed E-state index contributed by atoms with van der Waals surface area (Å²) in [5.74, 6) is -0.360. The average molecular weight is 374 g/mol. The third-order valence-electron chi connectivity index (χ3n) is 3.78. The summed E-state index contributed by atoms with van der Waals surface area (Å²) >= 11 is 0. The first-order valence-corrected chi connectivity index (χ1v) is 9.32. The van der Waals surface area contributed by atoms with E-state index in [9.17, 15) is 0 Å². The van der Waals surface area contributed by atoms with Gasteiger partial charge in [-0.1, -0.05) is 36.4 Å². The number of rotatable bonds is 12. The van der Waals surface area contributed by atoms with Crippen molar-refractivity contribution >= 4 is 0 Å². The Kier molecular flexibility index (Phi) is 8.10. The lowest BCUT2D eigenvalue weighted by Crippen LogP contribution is -2.45. The highest BCUT2D eigenvalue weighted by Crippen LogP contribution is 2.23. The molecular weight excluding hydrogens is 344 g/mol. The number of hydrogen-bond donors (Lipinski definition) is 0. The lowest BCUT2D eigenvalue weighted by Gasteiger charge is -2.33. The summed E-state index contributed by atoms with van der Waals surface area (Å²) in [5.41, 5.74) is 0. The highest BCUT2D eigenvalue weighted by molar-refractivity contribution is 5.22. The molecule has 5 nitrogen and oxygen atoms in total. The van der Waals surface area contributed by atoms with Gasteiger partial charge in [0, 0.05) is 27.1 Å². The summed E-state index contributed by atoms with van der Waals surface area (Å²) in [5, 5.41) is 0. The van der Waals surface area contributed by atoms with Crippen LogP contribution in [0.1, 0.15) is 27.7 Å². The van der Waals surface area contributed by atoms with Crippen molar-refractivity contribution in [1.82, 2.24) is 0 Å². The third-order valence-corrected chi connectivity index (χ3v) is 3.78. The summed E-state index contributed by atoms with van der Waals surface area (Å²) in [4.78, 5) is 0. The fourth-order valence-corrected chi connectivity index (χ4v) is 2.71. The summed E-state index contributed by atoms with van der Waals surface area (Å²) in [6, 6.07) is 19.1. The summed E-state index contributed by atoms with van der Waals surface area (Å²) in [6.07, 6.45) is 0. The maximum absolute atomic E-state index is 6.01. The molecule has 0 saturated carbocycles. The molecule has 0 fully saturated rings. The van der Waals surface area contributed by atoms with Gasteiger partial charge in [-0.15, -0.1) is 0 Å². The van der Waals surface area contributed by atoms with Gasteiger partial charge in [-0.3, -0.25) is 0 Å². The zero-order valence-electron chi connectivity index (χ0n) is 16.6. The maximum Gasteiger partial charge on any atom is 0.231 e. The first-order valence-electron chi connectivity index (χ1n) is 9.32. The molecule has 27 heavy (non-hydrogen) atoms. The molecule has 0 saturated heterocycles. The van der Waals surface area contributed by atoms with Gasteiger partial charge in [0.2, 0.25) is 11.6 Å². The van der Waals surface area contributed by atoms with Gasteiger partial charge in [0.05, 0.1) is 0 Å². The molecule has 2 aromatic carbocycles. The molecule has 0 aliphatic heterocycles. The largest absolute Gasteiger partial charge is 0.460 e. The monoisotopic (exact) mass is 374 g/mol. The highest BCUT2D eigenvalue weighted by Gasteiger charge is 2.32. The Hall–Kier alpha value is -2.08. The van der Waals surface area contributed by atoms with Crippen molar-refractivity contribution in [3.05, 3.63) is 60.7 Å². The van der Waals surface area contributed by atoms with Crippen molar-refractivity contribution in [3.63, 3.8) is 0 Å². The van der Waals surface area contributed by atoms with Crippen LogP contribution in [0.15, 0.2) is 60.7 Å². The van der Waals surface area contributed by atoms with Gasteiger partial charge in [0.15, 0.2) is 0 Å². The number of benzene rings is 2. The fraction of sp³-hybridized carbons (Fsp3) is 0.455. The molecular formula is C22H30O5. The molecule has 0 amide bonds.